The van der Waals surface area contributed by atoms with E-state index in [0.717, 1.165) is 18.5 Å². The fourth-order valence-corrected chi connectivity index (χ4v) is 5.95. The van der Waals surface area contributed by atoms with Crippen molar-refractivity contribution in [3.63, 3.8) is 0 Å². The highest BCUT2D eigenvalue weighted by Gasteiger charge is 2.30. The van der Waals surface area contributed by atoms with Crippen molar-refractivity contribution in [1.29, 1.82) is 0 Å². The van der Waals surface area contributed by atoms with Crippen molar-refractivity contribution in [3.8, 4) is 11.5 Å². The first-order valence-corrected chi connectivity index (χ1v) is 12.5. The number of nitrogens with zero attached hydrogens (tertiary/aromatic N) is 2. The Morgan fingerprint density at radius 1 is 0.906 bits per heavy atom. The summed E-state index contributed by atoms with van der Waals surface area (Å²) in [6, 6.07) is 10.8. The summed E-state index contributed by atoms with van der Waals surface area (Å²) in [4.78, 5) is 14.7. The van der Waals surface area contributed by atoms with Crippen LogP contribution in [0, 0.1) is 0 Å². The smallest absolute Gasteiger partial charge is 0.243 e. The lowest BCUT2D eigenvalue weighted by molar-refractivity contribution is -0.117. The molecule has 2 aliphatic heterocycles. The van der Waals surface area contributed by atoms with Crippen LogP contribution < -0.4 is 14.8 Å². The lowest BCUT2D eigenvalue weighted by Gasteiger charge is -2.33. The zero-order valence-electron chi connectivity index (χ0n) is 17.9. The Balaban J connectivity index is 1.16. The number of nitrogens with one attached hydrogen (secondary N) is 1. The first-order valence-electron chi connectivity index (χ1n) is 11.0. The number of carbonyl (C=O) groups excluding carboxylic acids is 1. The minimum absolute atomic E-state index is 0.0777. The highest BCUT2D eigenvalue weighted by Crippen LogP contribution is 2.33. The van der Waals surface area contributed by atoms with Crippen molar-refractivity contribution in [2.75, 3.05) is 51.3 Å². The second-order valence-electron chi connectivity index (χ2n) is 8.37. The van der Waals surface area contributed by atoms with E-state index in [1.807, 2.05) is 11.0 Å². The van der Waals surface area contributed by atoms with E-state index in [4.69, 9.17) is 9.47 Å². The molecule has 32 heavy (non-hydrogen) atoms. The maximum Gasteiger partial charge on any atom is 0.243 e. The van der Waals surface area contributed by atoms with E-state index in [1.54, 1.807) is 12.1 Å². The Labute approximate surface area is 188 Å². The van der Waals surface area contributed by atoms with Gasteiger partial charge in [0.2, 0.25) is 15.9 Å². The number of sulfonamides is 1. The van der Waals surface area contributed by atoms with Crippen molar-refractivity contribution in [2.24, 2.45) is 0 Å². The van der Waals surface area contributed by atoms with Gasteiger partial charge in [-0.05, 0) is 54.7 Å². The summed E-state index contributed by atoms with van der Waals surface area (Å²) in [5, 5.41) is 2.98. The maximum absolute atomic E-state index is 13.1. The zero-order chi connectivity index (χ0) is 22.1. The third-order valence-corrected chi connectivity index (χ3v) is 8.13. The average Bonchev–Trinajstić information content (AvgIpc) is 3.27. The number of piperazine rings is 1. The normalized spacial score (nSPS) is 18.9. The van der Waals surface area contributed by atoms with Gasteiger partial charge in [-0.1, -0.05) is 6.07 Å². The standard InChI is InChI=1S/C23H27N3O5S/c27-23(24-19-5-4-17-2-1-3-18(17)14-19)16-25-8-10-26(11-9-25)32(28,29)20-6-7-21-22(15-20)31-13-12-30-21/h4-7,14-15H,1-3,8-13,16H2,(H,24,27). The molecule has 0 bridgehead atoms. The number of hydrogen-bond donors (Lipinski definition) is 1. The second-order valence-corrected chi connectivity index (χ2v) is 10.3. The van der Waals surface area contributed by atoms with Crippen molar-refractivity contribution < 1.29 is 22.7 Å². The Hall–Kier alpha value is -2.62. The third kappa shape index (κ3) is 4.32. The predicted molar refractivity (Wildman–Crippen MR) is 120 cm³/mol. The molecule has 0 spiro atoms. The van der Waals surface area contributed by atoms with Gasteiger partial charge in [-0.25, -0.2) is 8.42 Å². The number of aryl methyl sites for hydroxylation is 2. The number of ether oxygens (including phenoxy) is 2. The number of carbonyl (C=O) groups is 1. The molecule has 1 fully saturated rings. The van der Waals surface area contributed by atoms with Gasteiger partial charge in [-0.15, -0.1) is 0 Å². The first kappa shape index (κ1) is 21.2. The largest absolute Gasteiger partial charge is 0.486 e. The average molecular weight is 458 g/mol. The van der Waals surface area contributed by atoms with E-state index >= 15 is 0 Å². The molecule has 0 aromatic heterocycles. The number of anilines is 1. The molecule has 2 aromatic rings. The number of amides is 1. The Morgan fingerprint density at radius 3 is 2.47 bits per heavy atom. The minimum atomic E-state index is -3.63. The van der Waals surface area contributed by atoms with E-state index in [-0.39, 0.29) is 17.3 Å². The van der Waals surface area contributed by atoms with E-state index in [1.165, 1.54) is 27.9 Å². The van der Waals surface area contributed by atoms with Crippen LogP contribution in [-0.4, -0.2) is 69.5 Å². The van der Waals surface area contributed by atoms with E-state index in [0.29, 0.717) is 50.9 Å². The van der Waals surface area contributed by atoms with Crippen LogP contribution in [0.1, 0.15) is 17.5 Å². The van der Waals surface area contributed by atoms with Crippen LogP contribution in [-0.2, 0) is 27.7 Å². The fourth-order valence-electron chi connectivity index (χ4n) is 4.51. The van der Waals surface area contributed by atoms with Crippen LogP contribution in [0.5, 0.6) is 11.5 Å². The summed E-state index contributed by atoms with van der Waals surface area (Å²) < 4.78 is 38.6. The summed E-state index contributed by atoms with van der Waals surface area (Å²) in [5.74, 6) is 0.944. The number of benzene rings is 2. The van der Waals surface area contributed by atoms with Crippen LogP contribution in [0.3, 0.4) is 0 Å². The molecule has 170 valence electrons. The molecular formula is C23H27N3O5S. The molecule has 0 radical (unpaired) electrons. The van der Waals surface area contributed by atoms with Gasteiger partial charge >= 0.3 is 0 Å². The van der Waals surface area contributed by atoms with Gasteiger partial charge < -0.3 is 14.8 Å². The van der Waals surface area contributed by atoms with Crippen molar-refractivity contribution in [1.82, 2.24) is 9.21 Å². The maximum atomic E-state index is 13.1. The summed E-state index contributed by atoms with van der Waals surface area (Å²) in [6.07, 6.45) is 3.36. The number of hydrogen-bond acceptors (Lipinski definition) is 6. The Kier molecular flexibility index (Phi) is 5.79. The van der Waals surface area contributed by atoms with Crippen molar-refractivity contribution in [2.45, 2.75) is 24.2 Å². The van der Waals surface area contributed by atoms with E-state index in [2.05, 4.69) is 17.4 Å². The van der Waals surface area contributed by atoms with E-state index in [9.17, 15) is 13.2 Å². The number of fused-ring (bicyclic) bond motifs is 2. The van der Waals surface area contributed by atoms with Gasteiger partial charge in [0.25, 0.3) is 0 Å². The molecular weight excluding hydrogens is 430 g/mol. The fraction of sp³-hybridized carbons (Fsp3) is 0.435. The lowest BCUT2D eigenvalue weighted by Crippen LogP contribution is -2.50. The van der Waals surface area contributed by atoms with Crippen LogP contribution in [0.25, 0.3) is 0 Å². The van der Waals surface area contributed by atoms with Crippen LogP contribution >= 0.6 is 0 Å². The number of rotatable bonds is 5. The Bertz CT molecular complexity index is 1130. The minimum Gasteiger partial charge on any atom is -0.486 e. The van der Waals surface area contributed by atoms with Crippen LogP contribution in [0.4, 0.5) is 5.69 Å². The van der Waals surface area contributed by atoms with Crippen molar-refractivity contribution in [3.05, 3.63) is 47.5 Å². The van der Waals surface area contributed by atoms with Gasteiger partial charge in [-0.2, -0.15) is 4.31 Å². The van der Waals surface area contributed by atoms with Gasteiger partial charge in [0.05, 0.1) is 11.4 Å². The molecule has 1 N–H and O–H groups in total. The van der Waals surface area contributed by atoms with Gasteiger partial charge in [0.15, 0.2) is 11.5 Å². The van der Waals surface area contributed by atoms with Crippen LogP contribution in [0.2, 0.25) is 0 Å². The Morgan fingerprint density at radius 2 is 1.66 bits per heavy atom. The molecule has 0 unspecified atom stereocenters. The summed E-state index contributed by atoms with van der Waals surface area (Å²) in [6.45, 7) is 2.79. The predicted octanol–water partition coefficient (Wildman–Crippen LogP) is 1.89. The molecule has 8 nitrogen and oxygen atoms in total. The molecule has 2 heterocycles. The lowest BCUT2D eigenvalue weighted by atomic mass is 10.1. The highest BCUT2D eigenvalue weighted by molar-refractivity contribution is 7.89. The topological polar surface area (TPSA) is 88.2 Å². The summed E-state index contributed by atoms with van der Waals surface area (Å²) in [5.41, 5.74) is 3.52. The quantitative estimate of drug-likeness (QED) is 0.738. The van der Waals surface area contributed by atoms with Gasteiger partial charge in [0.1, 0.15) is 13.2 Å². The molecule has 5 rings (SSSR count). The van der Waals surface area contributed by atoms with Crippen LogP contribution in [0.15, 0.2) is 41.3 Å². The molecule has 1 saturated heterocycles. The van der Waals surface area contributed by atoms with Gasteiger partial charge in [-0.3, -0.25) is 9.69 Å². The zero-order valence-corrected chi connectivity index (χ0v) is 18.7. The molecule has 1 aliphatic carbocycles. The molecule has 1 amide bonds. The van der Waals surface area contributed by atoms with Gasteiger partial charge in [0, 0.05) is 37.9 Å². The monoisotopic (exact) mass is 457 g/mol. The summed E-state index contributed by atoms with van der Waals surface area (Å²) in [7, 11) is -3.63. The third-order valence-electron chi connectivity index (χ3n) is 6.23. The molecule has 0 saturated carbocycles. The highest BCUT2D eigenvalue weighted by atomic mass is 32.2. The molecule has 0 atom stereocenters. The molecule has 2 aromatic carbocycles. The first-order chi connectivity index (χ1) is 15.5. The van der Waals surface area contributed by atoms with E-state index < -0.39 is 10.0 Å². The molecule has 3 aliphatic rings. The second kappa shape index (κ2) is 8.73. The molecule has 9 heteroatoms. The SMILES string of the molecule is O=C(CN1CCN(S(=O)(=O)c2ccc3c(c2)OCCO3)CC1)Nc1ccc2c(c1)CCC2. The van der Waals surface area contributed by atoms with Crippen molar-refractivity contribution >= 4 is 21.6 Å². The summed E-state index contributed by atoms with van der Waals surface area (Å²) >= 11 is 0.